The lowest BCUT2D eigenvalue weighted by Crippen LogP contribution is -2.08. The Balaban J connectivity index is 1.55. The van der Waals surface area contributed by atoms with E-state index >= 15 is 0 Å². The minimum absolute atomic E-state index is 0.405. The van der Waals surface area contributed by atoms with Crippen LogP contribution in [0.3, 0.4) is 0 Å². The molecule has 0 saturated carbocycles. The van der Waals surface area contributed by atoms with Crippen molar-refractivity contribution >= 4 is 23.6 Å². The summed E-state index contributed by atoms with van der Waals surface area (Å²) in [6, 6.07) is 22.3. The van der Waals surface area contributed by atoms with Crippen LogP contribution in [0.1, 0.15) is 35.7 Å². The Labute approximate surface area is 184 Å². The number of carbonyl (C=O) groups is 1. The van der Waals surface area contributed by atoms with Crippen LogP contribution in [0, 0.1) is 0 Å². The number of aliphatic imine (C=N–C) groups is 1. The first-order chi connectivity index (χ1) is 15.0. The van der Waals surface area contributed by atoms with E-state index in [0.29, 0.717) is 17.9 Å². The number of anilines is 1. The molecule has 3 rings (SSSR count). The van der Waals surface area contributed by atoms with E-state index < -0.39 is 5.97 Å². The van der Waals surface area contributed by atoms with Crippen LogP contribution in [-0.4, -0.2) is 32.9 Å². The van der Waals surface area contributed by atoms with E-state index in [2.05, 4.69) is 16.8 Å². The zero-order valence-corrected chi connectivity index (χ0v) is 18.2. The van der Waals surface area contributed by atoms with Crippen molar-refractivity contribution in [2.75, 3.05) is 25.6 Å². The average molecular weight is 417 g/mol. The summed E-state index contributed by atoms with van der Waals surface area (Å²) in [6.45, 7) is 2.79. The highest BCUT2D eigenvalue weighted by molar-refractivity contribution is 5.91. The van der Waals surface area contributed by atoms with Gasteiger partial charge in [0.1, 0.15) is 11.5 Å². The van der Waals surface area contributed by atoms with Crippen molar-refractivity contribution in [2.24, 2.45) is 4.99 Å². The standard InChI is InChI=1S/C26H28N2O3/c1-4-5-18-30-24-14-8-21(9-15-24)26(29)31-25-16-10-22(11-17-25)27-19-20-6-12-23(13-7-20)28(2)3/h6-17,19H,4-5,18H2,1-3H3. The van der Waals surface area contributed by atoms with Gasteiger partial charge in [-0.2, -0.15) is 0 Å². The predicted molar refractivity (Wildman–Crippen MR) is 126 cm³/mol. The Morgan fingerprint density at radius 3 is 2.16 bits per heavy atom. The number of hydrogen-bond acceptors (Lipinski definition) is 5. The maximum Gasteiger partial charge on any atom is 0.343 e. The molecule has 0 fully saturated rings. The molecule has 0 aromatic heterocycles. The number of unbranched alkanes of at least 4 members (excludes halogenated alkanes) is 1. The first-order valence-corrected chi connectivity index (χ1v) is 10.4. The molecule has 5 heteroatoms. The summed E-state index contributed by atoms with van der Waals surface area (Å²) in [7, 11) is 4.02. The van der Waals surface area contributed by atoms with Crippen molar-refractivity contribution in [1.82, 2.24) is 0 Å². The molecule has 0 heterocycles. The first-order valence-electron chi connectivity index (χ1n) is 10.4. The molecule has 0 saturated heterocycles. The van der Waals surface area contributed by atoms with Crippen LogP contribution < -0.4 is 14.4 Å². The quantitative estimate of drug-likeness (QED) is 0.189. The molecule has 0 amide bonds. The third-order valence-electron chi connectivity index (χ3n) is 4.68. The minimum atomic E-state index is -0.405. The summed E-state index contributed by atoms with van der Waals surface area (Å²) in [5.41, 5.74) is 3.42. The Bertz CT molecular complexity index is 992. The van der Waals surface area contributed by atoms with Gasteiger partial charge in [0.2, 0.25) is 0 Å². The fourth-order valence-corrected chi connectivity index (χ4v) is 2.80. The highest BCUT2D eigenvalue weighted by Gasteiger charge is 2.09. The highest BCUT2D eigenvalue weighted by atomic mass is 16.5. The fourth-order valence-electron chi connectivity index (χ4n) is 2.80. The summed E-state index contributed by atoms with van der Waals surface area (Å²) >= 11 is 0. The number of hydrogen-bond donors (Lipinski definition) is 0. The van der Waals surface area contributed by atoms with Crippen molar-refractivity contribution < 1.29 is 14.3 Å². The summed E-state index contributed by atoms with van der Waals surface area (Å²) in [5, 5.41) is 0. The first kappa shape index (κ1) is 22.1. The molecule has 0 N–H and O–H groups in total. The lowest BCUT2D eigenvalue weighted by atomic mass is 10.2. The van der Waals surface area contributed by atoms with E-state index in [1.165, 1.54) is 0 Å². The van der Waals surface area contributed by atoms with E-state index in [-0.39, 0.29) is 0 Å². The SMILES string of the molecule is CCCCOc1ccc(C(=O)Oc2ccc(N=Cc3ccc(N(C)C)cc3)cc2)cc1. The lowest BCUT2D eigenvalue weighted by molar-refractivity contribution is 0.0734. The number of esters is 1. The zero-order valence-electron chi connectivity index (χ0n) is 18.2. The number of carbonyl (C=O) groups excluding carboxylic acids is 1. The Kier molecular flexibility index (Phi) is 7.82. The third-order valence-corrected chi connectivity index (χ3v) is 4.68. The fraction of sp³-hybridized carbons (Fsp3) is 0.231. The van der Waals surface area contributed by atoms with Gasteiger partial charge in [-0.1, -0.05) is 25.5 Å². The molecule has 0 aliphatic rings. The molecule has 3 aromatic rings. The molecule has 0 atom stereocenters. The van der Waals surface area contributed by atoms with E-state index in [4.69, 9.17) is 9.47 Å². The molecule has 3 aromatic carbocycles. The predicted octanol–water partition coefficient (Wildman–Crippen LogP) is 5.90. The van der Waals surface area contributed by atoms with Crippen molar-refractivity contribution in [3.05, 3.63) is 83.9 Å². The van der Waals surface area contributed by atoms with Gasteiger partial charge in [0.25, 0.3) is 0 Å². The van der Waals surface area contributed by atoms with Gasteiger partial charge in [-0.3, -0.25) is 4.99 Å². The van der Waals surface area contributed by atoms with E-state index in [1.807, 2.05) is 56.7 Å². The van der Waals surface area contributed by atoms with Gasteiger partial charge in [0.05, 0.1) is 17.9 Å². The molecule has 0 aliphatic carbocycles. The molecule has 31 heavy (non-hydrogen) atoms. The van der Waals surface area contributed by atoms with Gasteiger partial charge in [0, 0.05) is 26.0 Å². The van der Waals surface area contributed by atoms with Crippen molar-refractivity contribution in [3.63, 3.8) is 0 Å². The second-order valence-electron chi connectivity index (χ2n) is 7.35. The molecular formula is C26H28N2O3. The molecule has 0 bridgehead atoms. The van der Waals surface area contributed by atoms with Gasteiger partial charge in [-0.05, 0) is 72.6 Å². The summed E-state index contributed by atoms with van der Waals surface area (Å²) in [5.74, 6) is 0.823. The van der Waals surface area contributed by atoms with Crippen LogP contribution in [0.2, 0.25) is 0 Å². The zero-order chi connectivity index (χ0) is 22.1. The van der Waals surface area contributed by atoms with Crippen molar-refractivity contribution in [1.29, 1.82) is 0 Å². The van der Waals surface area contributed by atoms with Gasteiger partial charge in [-0.15, -0.1) is 0 Å². The van der Waals surface area contributed by atoms with Gasteiger partial charge in [0.15, 0.2) is 0 Å². The average Bonchev–Trinajstić information content (AvgIpc) is 2.79. The van der Waals surface area contributed by atoms with Crippen molar-refractivity contribution in [3.8, 4) is 11.5 Å². The van der Waals surface area contributed by atoms with Crippen LogP contribution in [0.25, 0.3) is 0 Å². The van der Waals surface area contributed by atoms with Crippen LogP contribution >= 0.6 is 0 Å². The largest absolute Gasteiger partial charge is 0.494 e. The van der Waals surface area contributed by atoms with Crippen LogP contribution in [0.4, 0.5) is 11.4 Å². The smallest absolute Gasteiger partial charge is 0.343 e. The molecule has 0 unspecified atom stereocenters. The van der Waals surface area contributed by atoms with Crippen LogP contribution in [0.15, 0.2) is 77.8 Å². The van der Waals surface area contributed by atoms with Crippen LogP contribution in [-0.2, 0) is 0 Å². The van der Waals surface area contributed by atoms with Crippen LogP contribution in [0.5, 0.6) is 11.5 Å². The molecule has 0 spiro atoms. The second-order valence-corrected chi connectivity index (χ2v) is 7.35. The Morgan fingerprint density at radius 2 is 1.55 bits per heavy atom. The van der Waals surface area contributed by atoms with E-state index in [0.717, 1.165) is 35.5 Å². The lowest BCUT2D eigenvalue weighted by Gasteiger charge is -2.11. The molecule has 5 nitrogen and oxygen atoms in total. The minimum Gasteiger partial charge on any atom is -0.494 e. The van der Waals surface area contributed by atoms with Gasteiger partial charge >= 0.3 is 5.97 Å². The van der Waals surface area contributed by atoms with Crippen molar-refractivity contribution in [2.45, 2.75) is 19.8 Å². The Morgan fingerprint density at radius 1 is 0.903 bits per heavy atom. The number of benzene rings is 3. The molecular weight excluding hydrogens is 388 g/mol. The normalized spacial score (nSPS) is 10.8. The Hall–Kier alpha value is -3.60. The maximum absolute atomic E-state index is 12.4. The second kappa shape index (κ2) is 11.0. The van der Waals surface area contributed by atoms with Gasteiger partial charge in [-0.25, -0.2) is 4.79 Å². The molecule has 160 valence electrons. The molecule has 0 radical (unpaired) electrons. The molecule has 0 aliphatic heterocycles. The summed E-state index contributed by atoms with van der Waals surface area (Å²) in [6.07, 6.45) is 3.90. The summed E-state index contributed by atoms with van der Waals surface area (Å²) in [4.78, 5) is 18.9. The van der Waals surface area contributed by atoms with Gasteiger partial charge < -0.3 is 14.4 Å². The number of rotatable bonds is 9. The van der Waals surface area contributed by atoms with E-state index in [1.54, 1.807) is 36.4 Å². The highest BCUT2D eigenvalue weighted by Crippen LogP contribution is 2.20. The third kappa shape index (κ3) is 6.71. The topological polar surface area (TPSA) is 51.1 Å². The van der Waals surface area contributed by atoms with E-state index in [9.17, 15) is 4.79 Å². The number of nitrogens with zero attached hydrogens (tertiary/aromatic N) is 2. The summed E-state index contributed by atoms with van der Waals surface area (Å²) < 4.78 is 11.1. The monoisotopic (exact) mass is 416 g/mol. The number of ether oxygens (including phenoxy) is 2. The maximum atomic E-state index is 12.4.